The molecule has 16 heavy (non-hydrogen) atoms. The monoisotopic (exact) mass is 222 g/mol. The molecule has 1 heterocycles. The first-order valence-corrected chi connectivity index (χ1v) is 4.99. The first-order valence-electron chi connectivity index (χ1n) is 4.99. The fourth-order valence-electron chi connectivity index (χ4n) is 1.55. The van der Waals surface area contributed by atoms with Crippen molar-refractivity contribution in [3.8, 4) is 0 Å². The van der Waals surface area contributed by atoms with E-state index in [2.05, 4.69) is 18.1 Å². The number of rotatable bonds is 6. The van der Waals surface area contributed by atoms with Gasteiger partial charge in [0.25, 0.3) is 0 Å². The Morgan fingerprint density at radius 3 is 2.62 bits per heavy atom. The van der Waals surface area contributed by atoms with Crippen molar-refractivity contribution >= 4 is 11.6 Å². The normalized spacial score (nSPS) is 10.4. The highest BCUT2D eigenvalue weighted by Gasteiger charge is 2.14. The molecule has 1 aromatic rings. The average Bonchev–Trinajstić information content (AvgIpc) is 2.57. The van der Waals surface area contributed by atoms with Gasteiger partial charge in [-0.2, -0.15) is 0 Å². The van der Waals surface area contributed by atoms with E-state index in [1.165, 1.54) is 0 Å². The lowest BCUT2D eigenvalue weighted by Crippen LogP contribution is -2.00. The number of ether oxygens (including phenoxy) is 2. The molecule has 0 radical (unpaired) electrons. The molecular formula is C12H18N2O2. The van der Waals surface area contributed by atoms with Crippen LogP contribution in [0.25, 0.3) is 11.6 Å². The first-order chi connectivity index (χ1) is 7.65. The third kappa shape index (κ3) is 2.40. The molecule has 0 saturated heterocycles. The van der Waals surface area contributed by atoms with Crippen molar-refractivity contribution in [2.75, 3.05) is 20.8 Å². The summed E-state index contributed by atoms with van der Waals surface area (Å²) in [5.74, 6) is 0.852. The molecule has 4 heteroatoms. The van der Waals surface area contributed by atoms with Crippen LogP contribution in [0.4, 0.5) is 0 Å². The molecule has 0 unspecified atom stereocenters. The smallest absolute Gasteiger partial charge is 0.135 e. The Labute approximate surface area is 96.2 Å². The minimum Gasteiger partial charge on any atom is -0.380 e. The Morgan fingerprint density at radius 2 is 2.12 bits per heavy atom. The highest BCUT2D eigenvalue weighted by atomic mass is 16.5. The fourth-order valence-corrected chi connectivity index (χ4v) is 1.55. The minimum atomic E-state index is 0.463. The van der Waals surface area contributed by atoms with E-state index in [9.17, 15) is 0 Å². The van der Waals surface area contributed by atoms with Crippen LogP contribution in [0, 0.1) is 0 Å². The van der Waals surface area contributed by atoms with Crippen molar-refractivity contribution in [1.29, 1.82) is 0 Å². The van der Waals surface area contributed by atoms with Crippen LogP contribution in [0.15, 0.2) is 13.2 Å². The van der Waals surface area contributed by atoms with Crippen LogP contribution < -0.4 is 0 Å². The maximum Gasteiger partial charge on any atom is 0.135 e. The van der Waals surface area contributed by atoms with E-state index in [0.29, 0.717) is 13.2 Å². The maximum absolute atomic E-state index is 5.08. The quantitative estimate of drug-likeness (QED) is 0.737. The summed E-state index contributed by atoms with van der Waals surface area (Å²) in [6.45, 7) is 8.67. The Kier molecular flexibility index (Phi) is 4.46. The molecule has 0 fully saturated rings. The predicted molar refractivity (Wildman–Crippen MR) is 64.9 cm³/mol. The first kappa shape index (κ1) is 12.7. The number of hydrogen-bond acceptors (Lipinski definition) is 3. The average molecular weight is 222 g/mol. The molecule has 0 saturated carbocycles. The maximum atomic E-state index is 5.08. The van der Waals surface area contributed by atoms with Crippen molar-refractivity contribution < 1.29 is 9.47 Å². The van der Waals surface area contributed by atoms with E-state index in [1.54, 1.807) is 20.3 Å². The second kappa shape index (κ2) is 5.63. The van der Waals surface area contributed by atoms with E-state index >= 15 is 0 Å². The zero-order valence-corrected chi connectivity index (χ0v) is 10.1. The Bertz CT molecular complexity index is 394. The molecule has 88 valence electrons. The molecule has 0 spiro atoms. The Hall–Kier alpha value is -1.39. The van der Waals surface area contributed by atoms with Gasteiger partial charge in [-0.15, -0.1) is 0 Å². The van der Waals surface area contributed by atoms with E-state index in [-0.39, 0.29) is 0 Å². The van der Waals surface area contributed by atoms with Crippen LogP contribution in [0.5, 0.6) is 0 Å². The second-order valence-corrected chi connectivity index (χ2v) is 3.49. The number of nitrogens with zero attached hydrogens (tertiary/aromatic N) is 2. The number of imidazole rings is 1. The van der Waals surface area contributed by atoms with Gasteiger partial charge in [0, 0.05) is 21.3 Å². The summed E-state index contributed by atoms with van der Waals surface area (Å²) in [4.78, 5) is 4.48. The van der Waals surface area contributed by atoms with Gasteiger partial charge >= 0.3 is 0 Å². The molecule has 1 rings (SSSR count). The molecule has 1 aromatic heterocycles. The highest BCUT2D eigenvalue weighted by molar-refractivity contribution is 5.69. The fraction of sp³-hybridized carbons (Fsp3) is 0.417. The van der Waals surface area contributed by atoms with Crippen molar-refractivity contribution in [2.45, 2.75) is 6.61 Å². The van der Waals surface area contributed by atoms with Crippen molar-refractivity contribution in [1.82, 2.24) is 9.55 Å². The molecule has 0 aromatic carbocycles. The third-order valence-electron chi connectivity index (χ3n) is 2.35. The predicted octanol–water partition coefficient (Wildman–Crippen LogP) is 1.87. The Balaban J connectivity index is 3.12. The van der Waals surface area contributed by atoms with Crippen LogP contribution in [-0.2, 0) is 23.1 Å². The zero-order chi connectivity index (χ0) is 12.1. The lowest BCUT2D eigenvalue weighted by Gasteiger charge is -2.03. The summed E-state index contributed by atoms with van der Waals surface area (Å²) in [5, 5.41) is 0. The van der Waals surface area contributed by atoms with Gasteiger partial charge in [0.1, 0.15) is 12.4 Å². The Morgan fingerprint density at radius 1 is 1.44 bits per heavy atom. The summed E-state index contributed by atoms with van der Waals surface area (Å²) < 4.78 is 12.1. The summed E-state index contributed by atoms with van der Waals surface area (Å²) in [5.41, 5.74) is 2.61. The van der Waals surface area contributed by atoms with Crippen LogP contribution in [0.2, 0.25) is 0 Å². The van der Waals surface area contributed by atoms with Gasteiger partial charge in [-0.3, -0.25) is 0 Å². The van der Waals surface area contributed by atoms with Gasteiger partial charge in [-0.1, -0.05) is 13.2 Å². The van der Waals surface area contributed by atoms with Crippen molar-refractivity contribution in [3.05, 3.63) is 30.4 Å². The summed E-state index contributed by atoms with van der Waals surface area (Å²) in [6, 6.07) is 0. The van der Waals surface area contributed by atoms with Crippen LogP contribution in [0.1, 0.15) is 17.2 Å². The minimum absolute atomic E-state index is 0.463. The zero-order valence-electron chi connectivity index (χ0n) is 10.1. The standard InChI is InChI=1S/C12H18N2O2/c1-6-10-12(9(2)7-15-4)13-11(8-16-5)14(10)3/h6H,1-2,7-8H2,3-5H3. The molecule has 4 nitrogen and oxygen atoms in total. The largest absolute Gasteiger partial charge is 0.380 e. The molecular weight excluding hydrogens is 204 g/mol. The van der Waals surface area contributed by atoms with Crippen LogP contribution in [0.3, 0.4) is 0 Å². The summed E-state index contributed by atoms with van der Waals surface area (Å²) in [6.07, 6.45) is 1.77. The molecule has 0 atom stereocenters. The third-order valence-corrected chi connectivity index (χ3v) is 2.35. The van der Waals surface area contributed by atoms with Gasteiger partial charge in [-0.25, -0.2) is 4.98 Å². The summed E-state index contributed by atoms with van der Waals surface area (Å²) in [7, 11) is 5.21. The van der Waals surface area contributed by atoms with E-state index < -0.39 is 0 Å². The van der Waals surface area contributed by atoms with Gasteiger partial charge < -0.3 is 14.0 Å². The molecule has 0 amide bonds. The van der Waals surface area contributed by atoms with E-state index in [0.717, 1.165) is 22.8 Å². The molecule has 0 aliphatic carbocycles. The topological polar surface area (TPSA) is 36.3 Å². The molecule has 0 bridgehead atoms. The second-order valence-electron chi connectivity index (χ2n) is 3.49. The van der Waals surface area contributed by atoms with E-state index in [1.807, 2.05) is 11.6 Å². The van der Waals surface area contributed by atoms with Crippen LogP contribution >= 0.6 is 0 Å². The van der Waals surface area contributed by atoms with Crippen molar-refractivity contribution in [3.63, 3.8) is 0 Å². The number of aromatic nitrogens is 2. The van der Waals surface area contributed by atoms with E-state index in [4.69, 9.17) is 9.47 Å². The summed E-state index contributed by atoms with van der Waals surface area (Å²) >= 11 is 0. The van der Waals surface area contributed by atoms with Gasteiger partial charge in [0.15, 0.2) is 0 Å². The van der Waals surface area contributed by atoms with Gasteiger partial charge in [-0.05, 0) is 11.6 Å². The SMILES string of the molecule is C=Cc1c(C(=C)COC)nc(COC)n1C. The lowest BCUT2D eigenvalue weighted by atomic mass is 10.2. The lowest BCUT2D eigenvalue weighted by molar-refractivity contribution is 0.175. The number of hydrogen-bond donors (Lipinski definition) is 0. The molecule has 0 N–H and O–H groups in total. The molecule has 0 aliphatic rings. The van der Waals surface area contributed by atoms with Gasteiger partial charge in [0.2, 0.25) is 0 Å². The van der Waals surface area contributed by atoms with Gasteiger partial charge in [0.05, 0.1) is 18.0 Å². The van der Waals surface area contributed by atoms with Crippen LogP contribution in [-0.4, -0.2) is 30.4 Å². The number of methoxy groups -OCH3 is 2. The van der Waals surface area contributed by atoms with Crippen molar-refractivity contribution in [2.24, 2.45) is 7.05 Å². The molecule has 0 aliphatic heterocycles. The highest BCUT2D eigenvalue weighted by Crippen LogP contribution is 2.19.